The van der Waals surface area contributed by atoms with E-state index in [1.807, 2.05) is 0 Å². The highest BCUT2D eigenvalue weighted by molar-refractivity contribution is 7.10. The van der Waals surface area contributed by atoms with E-state index in [0.717, 1.165) is 0 Å². The molecule has 0 amide bonds. The molecule has 13 heavy (non-hydrogen) atoms. The monoisotopic (exact) mass is 199 g/mol. The lowest BCUT2D eigenvalue weighted by Gasteiger charge is -2.39. The van der Waals surface area contributed by atoms with E-state index in [2.05, 4.69) is 30.2 Å². The van der Waals surface area contributed by atoms with Crippen molar-refractivity contribution in [3.05, 3.63) is 21.9 Å². The first-order valence-corrected chi connectivity index (χ1v) is 5.48. The van der Waals surface area contributed by atoms with Crippen molar-refractivity contribution >= 4 is 11.3 Å². The van der Waals surface area contributed by atoms with Gasteiger partial charge in [0.05, 0.1) is 0 Å². The Hall–Kier alpha value is -0.410. The van der Waals surface area contributed by atoms with E-state index >= 15 is 0 Å². The Morgan fingerprint density at radius 1 is 1.62 bits per heavy atom. The molecule has 0 aliphatic carbocycles. The smallest absolute Gasteiger partial charge is 0.125 e. The van der Waals surface area contributed by atoms with Crippen molar-refractivity contribution in [3.8, 4) is 0 Å². The molecule has 1 unspecified atom stereocenters. The second-order valence-corrected chi connectivity index (χ2v) is 4.64. The summed E-state index contributed by atoms with van der Waals surface area (Å²) in [7, 11) is 0. The Morgan fingerprint density at radius 3 is 2.77 bits per heavy atom. The van der Waals surface area contributed by atoms with Crippen LogP contribution in [0.2, 0.25) is 0 Å². The van der Waals surface area contributed by atoms with Crippen LogP contribution < -0.4 is 0 Å². The molecular formula is C10H14FNS. The van der Waals surface area contributed by atoms with E-state index in [4.69, 9.17) is 0 Å². The molecule has 72 valence electrons. The molecule has 1 aromatic heterocycles. The maximum atomic E-state index is 12.6. The minimum atomic E-state index is -0.595. The fraction of sp³-hybridized carbons (Fsp3) is 0.600. The first-order valence-electron chi connectivity index (χ1n) is 4.60. The zero-order chi connectivity index (χ0) is 9.42. The molecule has 1 fully saturated rings. The van der Waals surface area contributed by atoms with E-state index < -0.39 is 6.17 Å². The molecule has 0 spiro atoms. The number of halogens is 1. The number of alkyl halides is 1. The van der Waals surface area contributed by atoms with Gasteiger partial charge in [0, 0.05) is 24.0 Å². The molecule has 0 bridgehead atoms. The molecule has 1 aromatic rings. The van der Waals surface area contributed by atoms with Gasteiger partial charge < -0.3 is 0 Å². The summed E-state index contributed by atoms with van der Waals surface area (Å²) in [6, 6.07) is 2.52. The van der Waals surface area contributed by atoms with Crippen LogP contribution in [0.1, 0.15) is 23.4 Å². The lowest BCUT2D eigenvalue weighted by Crippen LogP contribution is -2.49. The summed E-state index contributed by atoms with van der Waals surface area (Å²) < 4.78 is 12.6. The summed E-state index contributed by atoms with van der Waals surface area (Å²) in [6.45, 7) is 5.50. The van der Waals surface area contributed by atoms with Crippen molar-refractivity contribution in [3.63, 3.8) is 0 Å². The summed E-state index contributed by atoms with van der Waals surface area (Å²) in [6.07, 6.45) is -0.595. The van der Waals surface area contributed by atoms with Gasteiger partial charge in [0.1, 0.15) is 6.17 Å². The van der Waals surface area contributed by atoms with Crippen LogP contribution in [-0.4, -0.2) is 24.2 Å². The molecule has 0 N–H and O–H groups in total. The number of aryl methyl sites for hydroxylation is 1. The Kier molecular flexibility index (Phi) is 2.39. The lowest BCUT2D eigenvalue weighted by molar-refractivity contribution is 0.0340. The highest BCUT2D eigenvalue weighted by Gasteiger charge is 2.31. The molecule has 3 heteroatoms. The number of hydrogen-bond donors (Lipinski definition) is 0. The fourth-order valence-electron chi connectivity index (χ4n) is 1.75. The van der Waals surface area contributed by atoms with Crippen molar-refractivity contribution in [2.75, 3.05) is 13.1 Å². The Morgan fingerprint density at radius 2 is 2.31 bits per heavy atom. The van der Waals surface area contributed by atoms with Crippen LogP contribution in [0, 0.1) is 6.92 Å². The summed E-state index contributed by atoms with van der Waals surface area (Å²) in [5.41, 5.74) is 1.33. The third-order valence-electron chi connectivity index (χ3n) is 2.69. The molecule has 1 saturated heterocycles. The van der Waals surface area contributed by atoms with E-state index in [-0.39, 0.29) is 0 Å². The van der Waals surface area contributed by atoms with Gasteiger partial charge in [0.15, 0.2) is 0 Å². The predicted molar refractivity (Wildman–Crippen MR) is 53.9 cm³/mol. The minimum absolute atomic E-state index is 0.395. The fourth-order valence-corrected chi connectivity index (χ4v) is 2.77. The van der Waals surface area contributed by atoms with Crippen molar-refractivity contribution in [1.29, 1.82) is 0 Å². The predicted octanol–water partition coefficient (Wildman–Crippen LogP) is 2.77. The van der Waals surface area contributed by atoms with E-state index in [1.54, 1.807) is 11.3 Å². The highest BCUT2D eigenvalue weighted by Crippen LogP contribution is 2.31. The maximum absolute atomic E-state index is 12.6. The molecule has 1 atom stereocenters. The second-order valence-electron chi connectivity index (χ2n) is 3.70. The molecule has 0 saturated carbocycles. The Bertz CT molecular complexity index is 291. The molecule has 2 heterocycles. The summed E-state index contributed by atoms with van der Waals surface area (Å²) in [5.74, 6) is 0. The van der Waals surface area contributed by atoms with E-state index in [0.29, 0.717) is 19.1 Å². The first kappa shape index (κ1) is 9.16. The minimum Gasteiger partial charge on any atom is -0.290 e. The SMILES string of the molecule is Cc1ccsc1C(C)N1CC(F)C1. The van der Waals surface area contributed by atoms with Gasteiger partial charge in [-0.1, -0.05) is 0 Å². The Labute approximate surface area is 82.2 Å². The van der Waals surface area contributed by atoms with Crippen LogP contribution in [0.3, 0.4) is 0 Å². The normalized spacial score (nSPS) is 21.5. The van der Waals surface area contributed by atoms with Gasteiger partial charge in [0.25, 0.3) is 0 Å². The first-order chi connectivity index (χ1) is 6.18. The Balaban J connectivity index is 2.05. The average Bonchev–Trinajstić information content (AvgIpc) is 2.44. The third kappa shape index (κ3) is 1.63. The molecule has 1 aliphatic rings. The highest BCUT2D eigenvalue weighted by atomic mass is 32.1. The van der Waals surface area contributed by atoms with Crippen molar-refractivity contribution in [2.24, 2.45) is 0 Å². The molecule has 2 rings (SSSR count). The van der Waals surface area contributed by atoms with Crippen LogP contribution in [0.4, 0.5) is 4.39 Å². The van der Waals surface area contributed by atoms with Gasteiger partial charge in [-0.25, -0.2) is 4.39 Å². The number of hydrogen-bond acceptors (Lipinski definition) is 2. The van der Waals surface area contributed by atoms with Gasteiger partial charge in [-0.15, -0.1) is 11.3 Å². The van der Waals surface area contributed by atoms with Gasteiger partial charge in [-0.05, 0) is 30.9 Å². The van der Waals surface area contributed by atoms with E-state index in [9.17, 15) is 4.39 Å². The number of rotatable bonds is 2. The van der Waals surface area contributed by atoms with Crippen LogP contribution in [0.5, 0.6) is 0 Å². The summed E-state index contributed by atoms with van der Waals surface area (Å²) in [4.78, 5) is 3.57. The van der Waals surface area contributed by atoms with Gasteiger partial charge >= 0.3 is 0 Å². The van der Waals surface area contributed by atoms with Crippen LogP contribution in [0.25, 0.3) is 0 Å². The van der Waals surface area contributed by atoms with Crippen molar-refractivity contribution in [1.82, 2.24) is 4.90 Å². The lowest BCUT2D eigenvalue weighted by atomic mass is 10.1. The quantitative estimate of drug-likeness (QED) is 0.708. The standard InChI is InChI=1S/C10H14FNS/c1-7-3-4-13-10(7)8(2)12-5-9(11)6-12/h3-4,8-9H,5-6H2,1-2H3. The number of nitrogens with zero attached hydrogens (tertiary/aromatic N) is 1. The van der Waals surface area contributed by atoms with Gasteiger partial charge in [-0.3, -0.25) is 4.90 Å². The molecule has 0 aromatic carbocycles. The average molecular weight is 199 g/mol. The summed E-state index contributed by atoms with van der Waals surface area (Å²) in [5, 5.41) is 2.11. The molecule has 1 aliphatic heterocycles. The zero-order valence-electron chi connectivity index (χ0n) is 7.96. The number of likely N-dealkylation sites (tertiary alicyclic amines) is 1. The topological polar surface area (TPSA) is 3.24 Å². The largest absolute Gasteiger partial charge is 0.290 e. The molecular weight excluding hydrogens is 185 g/mol. The van der Waals surface area contributed by atoms with E-state index in [1.165, 1.54) is 10.4 Å². The zero-order valence-corrected chi connectivity index (χ0v) is 8.77. The number of thiophene rings is 1. The van der Waals surface area contributed by atoms with Crippen LogP contribution in [-0.2, 0) is 0 Å². The van der Waals surface area contributed by atoms with Gasteiger partial charge in [-0.2, -0.15) is 0 Å². The van der Waals surface area contributed by atoms with Crippen LogP contribution >= 0.6 is 11.3 Å². The van der Waals surface area contributed by atoms with Crippen molar-refractivity contribution in [2.45, 2.75) is 26.1 Å². The maximum Gasteiger partial charge on any atom is 0.125 e. The van der Waals surface area contributed by atoms with Crippen LogP contribution in [0.15, 0.2) is 11.4 Å². The second kappa shape index (κ2) is 3.39. The summed E-state index contributed by atoms with van der Waals surface area (Å²) >= 11 is 1.77. The van der Waals surface area contributed by atoms with Crippen molar-refractivity contribution < 1.29 is 4.39 Å². The van der Waals surface area contributed by atoms with Gasteiger partial charge in [0.2, 0.25) is 0 Å². The third-order valence-corrected chi connectivity index (χ3v) is 3.88. The molecule has 0 radical (unpaired) electrons. The molecule has 1 nitrogen and oxygen atoms in total.